The largest absolute Gasteiger partial charge is 0.349 e. The number of fused-ring (bicyclic) bond motifs is 1. The molecule has 32 heavy (non-hydrogen) atoms. The minimum absolute atomic E-state index is 0.0175. The summed E-state index contributed by atoms with van der Waals surface area (Å²) in [5.74, 6) is 0.455. The molecular formula is C23H25N5O3S. The summed E-state index contributed by atoms with van der Waals surface area (Å²) < 4.78 is 29.4. The molecule has 3 aromatic rings. The molecule has 1 aliphatic heterocycles. The van der Waals surface area contributed by atoms with Gasteiger partial charge in [-0.2, -0.15) is 9.57 Å². The molecule has 9 heteroatoms. The highest BCUT2D eigenvalue weighted by Gasteiger charge is 2.33. The molecule has 1 aromatic heterocycles. The number of rotatable bonds is 6. The molecule has 0 aliphatic carbocycles. The summed E-state index contributed by atoms with van der Waals surface area (Å²) in [7, 11) is -3.77. The van der Waals surface area contributed by atoms with Gasteiger partial charge in [-0.15, -0.1) is 0 Å². The number of nitriles is 1. The third-order valence-electron chi connectivity index (χ3n) is 5.92. The number of aryl methyl sites for hydroxylation is 1. The second-order valence-electron chi connectivity index (χ2n) is 7.77. The lowest BCUT2D eigenvalue weighted by atomic mass is 9.97. The summed E-state index contributed by atoms with van der Waals surface area (Å²) >= 11 is 0. The van der Waals surface area contributed by atoms with Crippen LogP contribution in [0.4, 0.5) is 0 Å². The Morgan fingerprint density at radius 2 is 1.84 bits per heavy atom. The van der Waals surface area contributed by atoms with Gasteiger partial charge in [0, 0.05) is 25.6 Å². The van der Waals surface area contributed by atoms with Crippen molar-refractivity contribution in [1.29, 1.82) is 5.26 Å². The molecule has 166 valence electrons. The lowest BCUT2D eigenvalue weighted by molar-refractivity contribution is -0.126. The highest BCUT2D eigenvalue weighted by molar-refractivity contribution is 7.89. The number of sulfonamides is 1. The lowest BCUT2D eigenvalue weighted by Crippen LogP contribution is -2.43. The second-order valence-corrected chi connectivity index (χ2v) is 9.67. The number of imidazole rings is 1. The van der Waals surface area contributed by atoms with Crippen LogP contribution in [0.2, 0.25) is 0 Å². The molecule has 0 unspecified atom stereocenters. The topological polar surface area (TPSA) is 108 Å². The maximum absolute atomic E-state index is 13.0. The van der Waals surface area contributed by atoms with Gasteiger partial charge >= 0.3 is 0 Å². The van der Waals surface area contributed by atoms with Gasteiger partial charge in [-0.25, -0.2) is 13.4 Å². The van der Waals surface area contributed by atoms with E-state index in [9.17, 15) is 18.5 Å². The van der Waals surface area contributed by atoms with Crippen molar-refractivity contribution in [2.45, 2.75) is 37.8 Å². The zero-order valence-electron chi connectivity index (χ0n) is 17.9. The molecule has 1 saturated heterocycles. The molecular weight excluding hydrogens is 426 g/mol. The van der Waals surface area contributed by atoms with E-state index in [0.29, 0.717) is 19.4 Å². The predicted molar refractivity (Wildman–Crippen MR) is 120 cm³/mol. The third-order valence-corrected chi connectivity index (χ3v) is 7.88. The number of hydrogen-bond acceptors (Lipinski definition) is 5. The molecule has 0 bridgehead atoms. The molecule has 1 aliphatic rings. The average molecular weight is 452 g/mol. The summed E-state index contributed by atoms with van der Waals surface area (Å²) in [6, 6.07) is 16.0. The normalized spacial score (nSPS) is 15.5. The summed E-state index contributed by atoms with van der Waals surface area (Å²) in [5, 5.41) is 12.2. The monoisotopic (exact) mass is 451 g/mol. The highest BCUT2D eigenvalue weighted by atomic mass is 32.2. The van der Waals surface area contributed by atoms with E-state index in [1.165, 1.54) is 16.4 Å². The van der Waals surface area contributed by atoms with Crippen LogP contribution >= 0.6 is 0 Å². The van der Waals surface area contributed by atoms with Crippen molar-refractivity contribution >= 4 is 27.0 Å². The molecule has 2 aromatic carbocycles. The number of aromatic nitrogens is 2. The second kappa shape index (κ2) is 9.10. The fourth-order valence-corrected chi connectivity index (χ4v) is 5.82. The molecule has 8 nitrogen and oxygen atoms in total. The Morgan fingerprint density at radius 3 is 2.56 bits per heavy atom. The number of piperidine rings is 1. The smallest absolute Gasteiger partial charge is 0.244 e. The van der Waals surface area contributed by atoms with Crippen LogP contribution in [0, 0.1) is 17.2 Å². The summed E-state index contributed by atoms with van der Waals surface area (Å²) in [6.07, 6.45) is 0.869. The third kappa shape index (κ3) is 4.11. The highest BCUT2D eigenvalue weighted by Crippen LogP contribution is 2.26. The van der Waals surface area contributed by atoms with Gasteiger partial charge in [0.05, 0.1) is 28.0 Å². The van der Waals surface area contributed by atoms with Crippen LogP contribution < -0.4 is 5.32 Å². The number of para-hydroxylation sites is 2. The van der Waals surface area contributed by atoms with Gasteiger partial charge in [-0.3, -0.25) is 4.79 Å². The SMILES string of the molecule is CCn1c(CNC(=O)C2CCN(S(=O)(=O)c3ccccc3C#N)CC2)nc2ccccc21. The standard InChI is InChI=1S/C23H25N5O3S/c1-2-28-20-9-5-4-8-19(20)26-22(28)16-25-23(29)17-11-13-27(14-12-17)32(30,31)21-10-6-3-7-18(21)15-24/h3-10,17H,2,11-14,16H2,1H3,(H,25,29). The molecule has 1 fully saturated rings. The number of carbonyl (C=O) groups excluding carboxylic acids is 1. The van der Waals surface area contributed by atoms with Crippen molar-refractivity contribution in [3.05, 3.63) is 59.9 Å². The zero-order valence-corrected chi connectivity index (χ0v) is 18.7. The fourth-order valence-electron chi connectivity index (χ4n) is 4.21. The fraction of sp³-hybridized carbons (Fsp3) is 0.348. The van der Waals surface area contributed by atoms with E-state index < -0.39 is 10.0 Å². The van der Waals surface area contributed by atoms with Crippen LogP contribution in [0.1, 0.15) is 31.2 Å². The van der Waals surface area contributed by atoms with Gasteiger partial charge in [0.1, 0.15) is 11.9 Å². The van der Waals surface area contributed by atoms with Crippen LogP contribution in [0.15, 0.2) is 53.4 Å². The predicted octanol–water partition coefficient (Wildman–Crippen LogP) is 2.64. The molecule has 0 saturated carbocycles. The van der Waals surface area contributed by atoms with Gasteiger partial charge in [0.2, 0.25) is 15.9 Å². The van der Waals surface area contributed by atoms with Crippen molar-refractivity contribution in [1.82, 2.24) is 19.2 Å². The molecule has 2 heterocycles. The molecule has 4 rings (SSSR count). The van der Waals surface area contributed by atoms with Crippen LogP contribution in [0.25, 0.3) is 11.0 Å². The van der Waals surface area contributed by atoms with Gasteiger partial charge in [0.25, 0.3) is 0 Å². The molecule has 0 spiro atoms. The minimum Gasteiger partial charge on any atom is -0.349 e. The van der Waals surface area contributed by atoms with Gasteiger partial charge < -0.3 is 9.88 Å². The molecule has 0 atom stereocenters. The zero-order chi connectivity index (χ0) is 22.7. The van der Waals surface area contributed by atoms with Crippen LogP contribution in [-0.2, 0) is 27.9 Å². The van der Waals surface area contributed by atoms with Gasteiger partial charge in [-0.1, -0.05) is 24.3 Å². The summed E-state index contributed by atoms with van der Waals surface area (Å²) in [4.78, 5) is 17.4. The molecule has 0 radical (unpaired) electrons. The maximum Gasteiger partial charge on any atom is 0.244 e. The Kier molecular flexibility index (Phi) is 6.26. The Morgan fingerprint density at radius 1 is 1.16 bits per heavy atom. The number of hydrogen-bond donors (Lipinski definition) is 1. The Labute approximate surface area is 187 Å². The van der Waals surface area contributed by atoms with E-state index in [1.807, 2.05) is 37.3 Å². The van der Waals surface area contributed by atoms with Crippen molar-refractivity contribution in [3.8, 4) is 6.07 Å². The van der Waals surface area contributed by atoms with E-state index in [4.69, 9.17) is 0 Å². The Bertz CT molecular complexity index is 1280. The first-order valence-corrected chi connectivity index (χ1v) is 12.1. The van der Waals surface area contributed by atoms with Gasteiger partial charge in [-0.05, 0) is 44.0 Å². The Hall–Kier alpha value is -3.22. The van der Waals surface area contributed by atoms with E-state index in [0.717, 1.165) is 23.4 Å². The number of amides is 1. The van der Waals surface area contributed by atoms with E-state index in [1.54, 1.807) is 12.1 Å². The molecule has 1 N–H and O–H groups in total. The van der Waals surface area contributed by atoms with E-state index >= 15 is 0 Å². The van der Waals surface area contributed by atoms with Crippen LogP contribution in [-0.4, -0.2) is 41.3 Å². The number of nitrogens with zero attached hydrogens (tertiary/aromatic N) is 4. The van der Waals surface area contributed by atoms with Crippen molar-refractivity contribution in [3.63, 3.8) is 0 Å². The summed E-state index contributed by atoms with van der Waals surface area (Å²) in [6.45, 7) is 3.61. The first kappa shape index (κ1) is 22.0. The van der Waals surface area contributed by atoms with E-state index in [-0.39, 0.29) is 35.4 Å². The molecule has 1 amide bonds. The number of carbonyl (C=O) groups is 1. The van der Waals surface area contributed by atoms with E-state index in [2.05, 4.69) is 14.9 Å². The van der Waals surface area contributed by atoms with Crippen molar-refractivity contribution in [2.24, 2.45) is 5.92 Å². The lowest BCUT2D eigenvalue weighted by Gasteiger charge is -2.30. The first-order chi connectivity index (χ1) is 15.5. The van der Waals surface area contributed by atoms with Crippen LogP contribution in [0.5, 0.6) is 0 Å². The van der Waals surface area contributed by atoms with Crippen LogP contribution in [0.3, 0.4) is 0 Å². The van der Waals surface area contributed by atoms with Crippen molar-refractivity contribution in [2.75, 3.05) is 13.1 Å². The number of nitrogens with one attached hydrogen (secondary N) is 1. The quantitative estimate of drug-likeness (QED) is 0.620. The van der Waals surface area contributed by atoms with Crippen molar-refractivity contribution < 1.29 is 13.2 Å². The summed E-state index contributed by atoms with van der Waals surface area (Å²) in [5.41, 5.74) is 2.07. The minimum atomic E-state index is -3.77. The maximum atomic E-state index is 13.0. The Balaban J connectivity index is 1.39. The van der Waals surface area contributed by atoms with Gasteiger partial charge in [0.15, 0.2) is 0 Å². The first-order valence-electron chi connectivity index (χ1n) is 10.7. The average Bonchev–Trinajstić information content (AvgIpc) is 3.20. The number of benzene rings is 2.